The van der Waals surface area contributed by atoms with Crippen LogP contribution in [-0.2, 0) is 11.8 Å². The molecule has 0 unspecified atom stereocenters. The Morgan fingerprint density at radius 2 is 2.45 bits per heavy atom. The van der Waals surface area contributed by atoms with Crippen molar-refractivity contribution in [2.24, 2.45) is 7.05 Å². The summed E-state index contributed by atoms with van der Waals surface area (Å²) in [5.41, 5.74) is 0.150. The van der Waals surface area contributed by atoms with Crippen LogP contribution in [0.3, 0.4) is 0 Å². The van der Waals surface area contributed by atoms with Crippen molar-refractivity contribution in [1.82, 2.24) is 9.55 Å². The number of aromatic nitrogens is 2. The average molecular weight is 175 g/mol. The van der Waals surface area contributed by atoms with Gasteiger partial charge in [-0.15, -0.1) is 0 Å². The Balaban J connectivity index is 3.04. The molecule has 11 heavy (non-hydrogen) atoms. The predicted octanol–water partition coefficient (Wildman–Crippen LogP) is 0.860. The molecule has 0 bridgehead atoms. The minimum atomic E-state index is -0.518. The second kappa shape index (κ2) is 2.92. The summed E-state index contributed by atoms with van der Waals surface area (Å²) in [4.78, 5) is 14.6. The average Bonchev–Trinajstić information content (AvgIpc) is 2.32. The molecule has 0 saturated heterocycles. The van der Waals surface area contributed by atoms with Gasteiger partial charge in [0.15, 0.2) is 5.69 Å². The number of esters is 1. The molecule has 0 N–H and O–H groups in total. The van der Waals surface area contributed by atoms with Crippen molar-refractivity contribution < 1.29 is 9.53 Å². The maximum Gasteiger partial charge on any atom is 0.359 e. The fraction of sp³-hybridized carbons (Fsp3) is 0.333. The molecule has 0 radical (unpaired) electrons. The van der Waals surface area contributed by atoms with Crippen molar-refractivity contribution in [3.63, 3.8) is 0 Å². The first kappa shape index (κ1) is 8.07. The zero-order valence-electron chi connectivity index (χ0n) is 6.17. The summed E-state index contributed by atoms with van der Waals surface area (Å²) in [5, 5.41) is 0.289. The van der Waals surface area contributed by atoms with Crippen molar-refractivity contribution in [3.8, 4) is 0 Å². The Hall–Kier alpha value is -1.03. The topological polar surface area (TPSA) is 44.1 Å². The van der Waals surface area contributed by atoms with Gasteiger partial charge >= 0.3 is 5.97 Å². The number of imidazole rings is 1. The molecule has 0 aliphatic heterocycles. The number of ether oxygens (including phenoxy) is 1. The number of carbonyl (C=O) groups excluding carboxylic acids is 1. The van der Waals surface area contributed by atoms with Gasteiger partial charge in [-0.3, -0.25) is 0 Å². The van der Waals surface area contributed by atoms with Crippen LogP contribution in [0.15, 0.2) is 6.33 Å². The quantitative estimate of drug-likeness (QED) is 0.594. The highest BCUT2D eigenvalue weighted by molar-refractivity contribution is 6.32. The van der Waals surface area contributed by atoms with Crippen molar-refractivity contribution in [3.05, 3.63) is 17.2 Å². The fourth-order valence-electron chi connectivity index (χ4n) is 0.649. The molecule has 0 aliphatic rings. The van der Waals surface area contributed by atoms with Crippen molar-refractivity contribution >= 4 is 17.6 Å². The second-order valence-electron chi connectivity index (χ2n) is 1.99. The number of hydrogen-bond acceptors (Lipinski definition) is 3. The minimum Gasteiger partial charge on any atom is -0.464 e. The molecule has 0 saturated carbocycles. The van der Waals surface area contributed by atoms with E-state index in [0.29, 0.717) is 0 Å². The van der Waals surface area contributed by atoms with Crippen LogP contribution in [0.1, 0.15) is 10.5 Å². The highest BCUT2D eigenvalue weighted by Gasteiger charge is 2.14. The number of aryl methyl sites for hydroxylation is 1. The summed E-state index contributed by atoms with van der Waals surface area (Å²) in [6.07, 6.45) is 1.45. The molecule has 0 aromatic carbocycles. The molecular weight excluding hydrogens is 168 g/mol. The van der Waals surface area contributed by atoms with E-state index in [1.807, 2.05) is 0 Å². The number of rotatable bonds is 1. The number of methoxy groups -OCH3 is 1. The summed E-state index contributed by atoms with van der Waals surface area (Å²) in [7, 11) is 2.98. The fourth-order valence-corrected chi connectivity index (χ4v) is 0.819. The molecule has 5 heteroatoms. The Labute approximate surface area is 68.7 Å². The SMILES string of the molecule is COC(=O)c1ncn(C)c1Cl. The van der Waals surface area contributed by atoms with Crippen LogP contribution >= 0.6 is 11.6 Å². The van der Waals surface area contributed by atoms with Gasteiger partial charge in [0.05, 0.1) is 13.4 Å². The maximum atomic E-state index is 10.9. The molecule has 0 spiro atoms. The smallest absolute Gasteiger partial charge is 0.359 e. The standard InChI is InChI=1S/C6H7ClN2O2/c1-9-3-8-4(5(9)7)6(10)11-2/h3H,1-2H3. The Morgan fingerprint density at radius 1 is 1.82 bits per heavy atom. The first-order chi connectivity index (χ1) is 5.16. The summed E-state index contributed by atoms with van der Waals surface area (Å²) < 4.78 is 5.97. The first-order valence-corrected chi connectivity index (χ1v) is 3.29. The third-order valence-corrected chi connectivity index (χ3v) is 1.69. The highest BCUT2D eigenvalue weighted by Crippen LogP contribution is 2.13. The van der Waals surface area contributed by atoms with Gasteiger partial charge in [-0.05, 0) is 0 Å². The van der Waals surface area contributed by atoms with Gasteiger partial charge in [-0.2, -0.15) is 0 Å². The summed E-state index contributed by atoms with van der Waals surface area (Å²) in [5.74, 6) is -0.518. The Bertz CT molecular complexity index is 282. The van der Waals surface area contributed by atoms with Gasteiger partial charge in [0.25, 0.3) is 0 Å². The molecule has 1 heterocycles. The highest BCUT2D eigenvalue weighted by atomic mass is 35.5. The maximum absolute atomic E-state index is 10.9. The van der Waals surface area contributed by atoms with Gasteiger partial charge in [-0.25, -0.2) is 9.78 Å². The molecule has 60 valence electrons. The first-order valence-electron chi connectivity index (χ1n) is 2.92. The van der Waals surface area contributed by atoms with E-state index in [4.69, 9.17) is 11.6 Å². The van der Waals surface area contributed by atoms with Crippen molar-refractivity contribution in [2.75, 3.05) is 7.11 Å². The number of halogens is 1. The molecule has 0 fully saturated rings. The summed E-state index contributed by atoms with van der Waals surface area (Å²) in [6, 6.07) is 0. The van der Waals surface area contributed by atoms with Crippen LogP contribution in [0.2, 0.25) is 5.15 Å². The minimum absolute atomic E-state index is 0.150. The van der Waals surface area contributed by atoms with E-state index in [9.17, 15) is 4.79 Å². The van der Waals surface area contributed by atoms with Crippen LogP contribution in [0.5, 0.6) is 0 Å². The largest absolute Gasteiger partial charge is 0.464 e. The molecule has 1 aromatic rings. The van der Waals surface area contributed by atoms with E-state index in [2.05, 4.69) is 9.72 Å². The zero-order valence-corrected chi connectivity index (χ0v) is 6.92. The van der Waals surface area contributed by atoms with Crippen LogP contribution in [0.4, 0.5) is 0 Å². The van der Waals surface area contributed by atoms with Crippen LogP contribution in [-0.4, -0.2) is 22.6 Å². The van der Waals surface area contributed by atoms with Crippen LogP contribution in [0, 0.1) is 0 Å². The van der Waals surface area contributed by atoms with E-state index >= 15 is 0 Å². The lowest BCUT2D eigenvalue weighted by Crippen LogP contribution is -2.02. The summed E-state index contributed by atoms with van der Waals surface area (Å²) >= 11 is 5.68. The van der Waals surface area contributed by atoms with Gasteiger partial charge in [-0.1, -0.05) is 11.6 Å². The molecule has 0 aliphatic carbocycles. The van der Waals surface area contributed by atoms with Gasteiger partial charge in [0, 0.05) is 7.05 Å². The van der Waals surface area contributed by atoms with Crippen LogP contribution in [0.25, 0.3) is 0 Å². The Kier molecular flexibility index (Phi) is 2.14. The van der Waals surface area contributed by atoms with E-state index in [1.165, 1.54) is 18.0 Å². The Morgan fingerprint density at radius 3 is 2.82 bits per heavy atom. The van der Waals surface area contributed by atoms with E-state index in [1.54, 1.807) is 7.05 Å². The lowest BCUT2D eigenvalue weighted by atomic mass is 10.5. The van der Waals surface area contributed by atoms with Crippen LogP contribution < -0.4 is 0 Å². The summed E-state index contributed by atoms with van der Waals surface area (Å²) in [6.45, 7) is 0. The molecular formula is C6H7ClN2O2. The number of nitrogens with zero attached hydrogens (tertiary/aromatic N) is 2. The molecule has 4 nitrogen and oxygen atoms in total. The van der Waals surface area contributed by atoms with Gasteiger partial charge in [0.2, 0.25) is 0 Å². The second-order valence-corrected chi connectivity index (χ2v) is 2.34. The lowest BCUT2D eigenvalue weighted by molar-refractivity contribution is 0.0595. The predicted molar refractivity (Wildman–Crippen MR) is 39.6 cm³/mol. The third kappa shape index (κ3) is 1.35. The molecule has 0 atom stereocenters. The number of hydrogen-bond donors (Lipinski definition) is 0. The molecule has 1 aromatic heterocycles. The van der Waals surface area contributed by atoms with E-state index in [0.717, 1.165) is 0 Å². The van der Waals surface area contributed by atoms with Crippen molar-refractivity contribution in [2.45, 2.75) is 0 Å². The lowest BCUT2D eigenvalue weighted by Gasteiger charge is -1.94. The van der Waals surface area contributed by atoms with Gasteiger partial charge < -0.3 is 9.30 Å². The third-order valence-electron chi connectivity index (χ3n) is 1.24. The normalized spacial score (nSPS) is 9.73. The van der Waals surface area contributed by atoms with Crippen molar-refractivity contribution in [1.29, 1.82) is 0 Å². The molecule has 1 rings (SSSR count). The molecule has 0 amide bonds. The van der Waals surface area contributed by atoms with Gasteiger partial charge in [0.1, 0.15) is 5.15 Å². The van der Waals surface area contributed by atoms with E-state index in [-0.39, 0.29) is 10.8 Å². The number of carbonyl (C=O) groups is 1. The van der Waals surface area contributed by atoms with E-state index < -0.39 is 5.97 Å². The zero-order chi connectivity index (χ0) is 8.43. The monoisotopic (exact) mass is 174 g/mol.